The maximum Gasteiger partial charge on any atom is 0.274 e. The number of fused-ring (bicyclic) bond motifs is 1. The molecule has 0 bridgehead atoms. The van der Waals surface area contributed by atoms with Gasteiger partial charge in [0.15, 0.2) is 0 Å². The number of nitrogens with zero attached hydrogens (tertiary/aromatic N) is 2. The molecule has 2 aliphatic carbocycles. The number of aromatic hydroxyl groups is 1. The van der Waals surface area contributed by atoms with Crippen LogP contribution in [-0.4, -0.2) is 32.6 Å². The second kappa shape index (κ2) is 7.47. The average Bonchev–Trinajstić information content (AvgIpc) is 3.10. The number of rotatable bonds is 3. The van der Waals surface area contributed by atoms with Crippen molar-refractivity contribution in [3.8, 4) is 17.0 Å². The van der Waals surface area contributed by atoms with Gasteiger partial charge in [0.05, 0.1) is 17.8 Å². The average molecular weight is 387 g/mol. The Balaban J connectivity index is 1.63. The molecule has 0 saturated heterocycles. The maximum atomic E-state index is 13.1. The quantitative estimate of drug-likeness (QED) is 0.726. The Kier molecular flexibility index (Phi) is 5.02. The van der Waals surface area contributed by atoms with Crippen LogP contribution < -0.4 is 5.32 Å². The second-order valence-electron chi connectivity index (χ2n) is 7.59. The largest absolute Gasteiger partial charge is 0.507 e. The molecule has 2 aromatic rings. The van der Waals surface area contributed by atoms with Crippen LogP contribution in [0, 0.1) is 6.92 Å². The van der Waals surface area contributed by atoms with E-state index in [2.05, 4.69) is 15.5 Å². The van der Waals surface area contributed by atoms with Crippen LogP contribution in [0.25, 0.3) is 16.8 Å². The highest BCUT2D eigenvalue weighted by atomic mass is 19.3. The van der Waals surface area contributed by atoms with Crippen LogP contribution in [0.5, 0.6) is 5.75 Å². The van der Waals surface area contributed by atoms with Gasteiger partial charge in [-0.05, 0) is 55.9 Å². The molecule has 2 aliphatic rings. The lowest BCUT2D eigenvalue weighted by Crippen LogP contribution is -2.36. The van der Waals surface area contributed by atoms with E-state index < -0.39 is 12.2 Å². The van der Waals surface area contributed by atoms with Gasteiger partial charge in [-0.1, -0.05) is 18.9 Å². The van der Waals surface area contributed by atoms with Crippen molar-refractivity contribution in [1.82, 2.24) is 10.2 Å². The van der Waals surface area contributed by atoms with E-state index in [-0.39, 0.29) is 23.8 Å². The summed E-state index contributed by atoms with van der Waals surface area (Å²) in [5, 5.41) is 32.5. The topological polar surface area (TPSA) is 78.3 Å². The number of phenols is 1. The van der Waals surface area contributed by atoms with Crippen LogP contribution in [0.1, 0.15) is 48.8 Å². The number of anilines is 1. The monoisotopic (exact) mass is 387 g/mol. The van der Waals surface area contributed by atoms with Crippen LogP contribution in [0.2, 0.25) is 0 Å². The van der Waals surface area contributed by atoms with Crippen molar-refractivity contribution in [3.05, 3.63) is 41.0 Å². The zero-order valence-electron chi connectivity index (χ0n) is 15.7. The molecular weight excluding hydrogens is 364 g/mol. The molecule has 5 nitrogen and oxygen atoms in total. The highest BCUT2D eigenvalue weighted by Crippen LogP contribution is 2.44. The normalized spacial score (nSPS) is 21.5. The first kappa shape index (κ1) is 18.8. The van der Waals surface area contributed by atoms with Crippen molar-refractivity contribution in [2.45, 2.75) is 57.6 Å². The van der Waals surface area contributed by atoms with Crippen molar-refractivity contribution in [2.75, 3.05) is 5.32 Å². The number of halogens is 2. The Labute approximate surface area is 162 Å². The summed E-state index contributed by atoms with van der Waals surface area (Å²) in [4.78, 5) is 0. The van der Waals surface area contributed by atoms with Crippen molar-refractivity contribution in [2.24, 2.45) is 0 Å². The molecule has 7 heteroatoms. The highest BCUT2D eigenvalue weighted by molar-refractivity contribution is 5.81. The van der Waals surface area contributed by atoms with E-state index in [1.807, 2.05) is 13.0 Å². The number of aromatic nitrogens is 2. The van der Waals surface area contributed by atoms with Crippen molar-refractivity contribution in [1.29, 1.82) is 0 Å². The number of benzene rings is 1. The fraction of sp³-hybridized carbons (Fsp3) is 0.429. The first-order valence-corrected chi connectivity index (χ1v) is 9.64. The van der Waals surface area contributed by atoms with Gasteiger partial charge in [-0.3, -0.25) is 0 Å². The first-order chi connectivity index (χ1) is 13.5. The SMILES string of the molecule is Cc1cc(N[C@@H]2CCCC[C@H]2O)nnc1-c1ccc2c(c1O)CCC2=C(F)F. The maximum absolute atomic E-state index is 13.1. The molecular formula is C21H23F2N3O2. The summed E-state index contributed by atoms with van der Waals surface area (Å²) >= 11 is 0. The molecule has 0 unspecified atom stereocenters. The van der Waals surface area contributed by atoms with E-state index >= 15 is 0 Å². The fourth-order valence-corrected chi connectivity index (χ4v) is 4.24. The Morgan fingerprint density at radius 1 is 1.11 bits per heavy atom. The van der Waals surface area contributed by atoms with Gasteiger partial charge in [0.2, 0.25) is 0 Å². The summed E-state index contributed by atoms with van der Waals surface area (Å²) < 4.78 is 26.1. The number of hydrogen-bond acceptors (Lipinski definition) is 5. The van der Waals surface area contributed by atoms with Crippen LogP contribution >= 0.6 is 0 Å². The summed E-state index contributed by atoms with van der Waals surface area (Å²) in [5.74, 6) is 0.576. The molecule has 2 atom stereocenters. The number of allylic oxidation sites excluding steroid dienone is 1. The lowest BCUT2D eigenvalue weighted by Gasteiger charge is -2.28. The van der Waals surface area contributed by atoms with E-state index in [9.17, 15) is 19.0 Å². The second-order valence-corrected chi connectivity index (χ2v) is 7.59. The van der Waals surface area contributed by atoms with Crippen LogP contribution in [0.3, 0.4) is 0 Å². The van der Waals surface area contributed by atoms with Gasteiger partial charge in [-0.15, -0.1) is 10.2 Å². The van der Waals surface area contributed by atoms with Gasteiger partial charge in [-0.2, -0.15) is 8.78 Å². The fourth-order valence-electron chi connectivity index (χ4n) is 4.24. The molecule has 0 spiro atoms. The molecule has 28 heavy (non-hydrogen) atoms. The molecule has 4 rings (SSSR count). The minimum atomic E-state index is -1.69. The third-order valence-corrected chi connectivity index (χ3v) is 5.76. The Hall–Kier alpha value is -2.54. The van der Waals surface area contributed by atoms with Crippen molar-refractivity contribution < 1.29 is 19.0 Å². The summed E-state index contributed by atoms with van der Waals surface area (Å²) in [6.45, 7) is 1.87. The molecule has 0 radical (unpaired) electrons. The van der Waals surface area contributed by atoms with Crippen molar-refractivity contribution >= 4 is 11.4 Å². The molecule has 1 aromatic carbocycles. The predicted molar refractivity (Wildman–Crippen MR) is 103 cm³/mol. The summed E-state index contributed by atoms with van der Waals surface area (Å²) in [6.07, 6.45) is 2.29. The smallest absolute Gasteiger partial charge is 0.274 e. The molecule has 0 amide bonds. The number of hydrogen-bond donors (Lipinski definition) is 3. The summed E-state index contributed by atoms with van der Waals surface area (Å²) in [7, 11) is 0. The lowest BCUT2D eigenvalue weighted by atomic mass is 9.92. The minimum Gasteiger partial charge on any atom is -0.507 e. The molecule has 1 aromatic heterocycles. The van der Waals surface area contributed by atoms with E-state index in [4.69, 9.17) is 0 Å². The number of nitrogens with one attached hydrogen (secondary N) is 1. The zero-order chi connectivity index (χ0) is 19.8. The van der Waals surface area contributed by atoms with Crippen LogP contribution in [-0.2, 0) is 6.42 Å². The number of aryl methyl sites for hydroxylation is 1. The van der Waals surface area contributed by atoms with Gasteiger partial charge in [0.1, 0.15) is 11.6 Å². The van der Waals surface area contributed by atoms with Gasteiger partial charge >= 0.3 is 0 Å². The molecule has 1 heterocycles. The van der Waals surface area contributed by atoms with Gasteiger partial charge in [0.25, 0.3) is 6.08 Å². The highest BCUT2D eigenvalue weighted by Gasteiger charge is 2.27. The standard InChI is InChI=1S/C21H23F2N3O2/c1-11-10-18(24-16-4-2-3-5-17(16)27)25-26-19(11)15-9-6-12-13(20(15)28)7-8-14(12)21(22)23/h6,9-10,16-17,27-28H,2-5,7-8H2,1H3,(H,24,25)/t16-,17-/m1/s1. The minimum absolute atomic E-state index is 0.00486. The van der Waals surface area contributed by atoms with E-state index in [0.29, 0.717) is 34.6 Å². The lowest BCUT2D eigenvalue weighted by molar-refractivity contribution is 0.116. The third kappa shape index (κ3) is 3.35. The summed E-state index contributed by atoms with van der Waals surface area (Å²) in [6, 6.07) is 5.04. The van der Waals surface area contributed by atoms with E-state index in [1.54, 1.807) is 12.1 Å². The van der Waals surface area contributed by atoms with Gasteiger partial charge < -0.3 is 15.5 Å². The van der Waals surface area contributed by atoms with E-state index in [0.717, 1.165) is 31.2 Å². The summed E-state index contributed by atoms with van der Waals surface area (Å²) in [5.41, 5.74) is 2.78. The van der Waals surface area contributed by atoms with E-state index in [1.165, 1.54) is 0 Å². The van der Waals surface area contributed by atoms with Gasteiger partial charge in [-0.25, -0.2) is 0 Å². The number of phenolic OH excluding ortho intramolecular Hbond substituents is 1. The molecule has 0 aliphatic heterocycles. The predicted octanol–water partition coefficient (Wildman–Crippen LogP) is 4.43. The molecule has 1 saturated carbocycles. The Bertz CT molecular complexity index is 941. The third-order valence-electron chi connectivity index (χ3n) is 5.76. The molecule has 148 valence electrons. The number of aliphatic hydroxyl groups is 1. The van der Waals surface area contributed by atoms with Gasteiger partial charge in [0, 0.05) is 16.7 Å². The van der Waals surface area contributed by atoms with Crippen molar-refractivity contribution in [3.63, 3.8) is 0 Å². The number of aliphatic hydroxyl groups excluding tert-OH is 1. The van der Waals surface area contributed by atoms with Crippen LogP contribution in [0.4, 0.5) is 14.6 Å². The Morgan fingerprint density at radius 2 is 1.86 bits per heavy atom. The first-order valence-electron chi connectivity index (χ1n) is 9.64. The zero-order valence-corrected chi connectivity index (χ0v) is 15.7. The molecule has 3 N–H and O–H groups in total. The van der Waals surface area contributed by atoms with Crippen LogP contribution in [0.15, 0.2) is 24.3 Å². The Morgan fingerprint density at radius 3 is 2.57 bits per heavy atom. The molecule has 1 fully saturated rings.